The molecule has 5 nitrogen and oxygen atoms in total. The number of carbonyl (C=O) groups is 1. The third-order valence-electron chi connectivity index (χ3n) is 3.17. The van der Waals surface area contributed by atoms with Crippen LogP contribution in [0.1, 0.15) is 10.5 Å². The van der Waals surface area contributed by atoms with Gasteiger partial charge in [0.05, 0.1) is 17.2 Å². The summed E-state index contributed by atoms with van der Waals surface area (Å²) >= 11 is 3.44. The first kappa shape index (κ1) is 13.6. The number of methoxy groups -OCH3 is 1. The number of pyridine rings is 1. The minimum absolute atomic E-state index is 0.0297. The molecule has 0 atom stereocenters. The Morgan fingerprint density at radius 3 is 2.57 bits per heavy atom. The van der Waals surface area contributed by atoms with E-state index in [0.717, 1.165) is 15.9 Å². The van der Waals surface area contributed by atoms with Crippen LogP contribution in [0.15, 0.2) is 47.1 Å². The van der Waals surface area contributed by atoms with E-state index in [1.807, 2.05) is 30.3 Å². The maximum atomic E-state index is 11.4. The zero-order valence-electron chi connectivity index (χ0n) is 11.1. The molecule has 21 heavy (non-hydrogen) atoms. The molecular formula is C15H11BrN2O3. The number of nitrogens with zero attached hydrogens (tertiary/aromatic N) is 2. The van der Waals surface area contributed by atoms with E-state index >= 15 is 0 Å². The van der Waals surface area contributed by atoms with Gasteiger partial charge >= 0.3 is 5.97 Å². The summed E-state index contributed by atoms with van der Waals surface area (Å²) in [5.41, 5.74) is 1.38. The Kier molecular flexibility index (Phi) is 3.39. The number of rotatable bonds is 3. The van der Waals surface area contributed by atoms with E-state index in [2.05, 4.69) is 20.9 Å². The highest BCUT2D eigenvalue weighted by Crippen LogP contribution is 2.28. The molecule has 0 aliphatic rings. The first-order valence-electron chi connectivity index (χ1n) is 6.16. The summed E-state index contributed by atoms with van der Waals surface area (Å²) in [6, 6.07) is 12.7. The van der Waals surface area contributed by atoms with Gasteiger partial charge in [-0.05, 0) is 52.3 Å². The highest BCUT2D eigenvalue weighted by Gasteiger charge is 2.18. The van der Waals surface area contributed by atoms with Crippen molar-refractivity contribution in [2.45, 2.75) is 0 Å². The molecule has 0 saturated carbocycles. The molecule has 0 aliphatic carbocycles. The van der Waals surface area contributed by atoms with Gasteiger partial charge in [0, 0.05) is 5.56 Å². The third-order valence-corrected chi connectivity index (χ3v) is 3.78. The maximum Gasteiger partial charge on any atom is 0.356 e. The second kappa shape index (κ2) is 5.21. The van der Waals surface area contributed by atoms with Crippen molar-refractivity contribution < 1.29 is 14.6 Å². The number of aromatic carboxylic acids is 1. The number of imidazole rings is 1. The monoisotopic (exact) mass is 346 g/mol. The van der Waals surface area contributed by atoms with Gasteiger partial charge in [-0.15, -0.1) is 0 Å². The molecule has 3 aromatic rings. The number of halogens is 1. The molecule has 0 radical (unpaired) electrons. The molecule has 2 heterocycles. The normalized spacial score (nSPS) is 10.8. The van der Waals surface area contributed by atoms with E-state index in [-0.39, 0.29) is 5.69 Å². The van der Waals surface area contributed by atoms with Gasteiger partial charge in [-0.3, -0.25) is 4.40 Å². The van der Waals surface area contributed by atoms with Crippen molar-refractivity contribution in [3.05, 3.63) is 52.8 Å². The zero-order chi connectivity index (χ0) is 15.0. The molecule has 106 valence electrons. The van der Waals surface area contributed by atoms with Gasteiger partial charge in [-0.1, -0.05) is 6.07 Å². The lowest BCUT2D eigenvalue weighted by Crippen LogP contribution is -1.97. The Labute approximate surface area is 128 Å². The van der Waals surface area contributed by atoms with Gasteiger partial charge in [0.15, 0.2) is 5.69 Å². The topological polar surface area (TPSA) is 63.8 Å². The lowest BCUT2D eigenvalue weighted by Gasteiger charge is -2.05. The zero-order valence-corrected chi connectivity index (χ0v) is 12.7. The van der Waals surface area contributed by atoms with Crippen molar-refractivity contribution in [1.29, 1.82) is 0 Å². The second-order valence-corrected chi connectivity index (χ2v) is 5.20. The van der Waals surface area contributed by atoms with Crippen molar-refractivity contribution in [2.24, 2.45) is 0 Å². The Morgan fingerprint density at radius 1 is 1.24 bits per heavy atom. The lowest BCUT2D eigenvalue weighted by atomic mass is 10.2. The van der Waals surface area contributed by atoms with Gasteiger partial charge < -0.3 is 9.84 Å². The number of aromatic nitrogens is 2. The smallest absolute Gasteiger partial charge is 0.356 e. The fraction of sp³-hybridized carbons (Fsp3) is 0.0667. The maximum absolute atomic E-state index is 11.4. The molecule has 0 bridgehead atoms. The van der Waals surface area contributed by atoms with Gasteiger partial charge in [0.2, 0.25) is 0 Å². The van der Waals surface area contributed by atoms with Crippen LogP contribution >= 0.6 is 15.9 Å². The van der Waals surface area contributed by atoms with Gasteiger partial charge in [0.1, 0.15) is 11.6 Å². The summed E-state index contributed by atoms with van der Waals surface area (Å²) in [5, 5.41) is 9.31. The molecule has 1 N–H and O–H groups in total. The molecule has 0 spiro atoms. The van der Waals surface area contributed by atoms with Crippen molar-refractivity contribution in [3.8, 4) is 17.1 Å². The Balaban J connectivity index is 2.28. The highest BCUT2D eigenvalue weighted by molar-refractivity contribution is 9.10. The fourth-order valence-corrected chi connectivity index (χ4v) is 2.70. The SMILES string of the molecule is COc1ccc(-c2nc(C(=O)O)c3cccc(Br)n23)cc1. The number of carboxylic acid groups (broad SMARTS) is 1. The van der Waals surface area contributed by atoms with E-state index in [1.54, 1.807) is 23.6 Å². The summed E-state index contributed by atoms with van der Waals surface area (Å²) in [4.78, 5) is 15.6. The van der Waals surface area contributed by atoms with Crippen LogP contribution in [0.3, 0.4) is 0 Å². The van der Waals surface area contributed by atoms with Crippen molar-refractivity contribution in [2.75, 3.05) is 7.11 Å². The average Bonchev–Trinajstić information content (AvgIpc) is 2.88. The average molecular weight is 347 g/mol. The second-order valence-electron chi connectivity index (χ2n) is 4.39. The number of fused-ring (bicyclic) bond motifs is 1. The molecule has 2 aromatic heterocycles. The number of carboxylic acids is 1. The first-order chi connectivity index (χ1) is 10.1. The molecule has 6 heteroatoms. The van der Waals surface area contributed by atoms with Crippen molar-refractivity contribution >= 4 is 27.4 Å². The van der Waals surface area contributed by atoms with Crippen LogP contribution in [0.5, 0.6) is 5.75 Å². The van der Waals surface area contributed by atoms with E-state index in [0.29, 0.717) is 11.3 Å². The summed E-state index contributed by atoms with van der Waals surface area (Å²) in [6.45, 7) is 0. The fourth-order valence-electron chi connectivity index (χ4n) is 2.19. The minimum Gasteiger partial charge on any atom is -0.497 e. The summed E-state index contributed by atoms with van der Waals surface area (Å²) in [6.07, 6.45) is 0. The van der Waals surface area contributed by atoms with E-state index in [1.165, 1.54) is 0 Å². The van der Waals surface area contributed by atoms with Crippen LogP contribution in [0.2, 0.25) is 0 Å². The van der Waals surface area contributed by atoms with Crippen LogP contribution in [0, 0.1) is 0 Å². The molecule has 0 amide bonds. The Morgan fingerprint density at radius 2 is 1.95 bits per heavy atom. The molecular weight excluding hydrogens is 336 g/mol. The summed E-state index contributed by atoms with van der Waals surface area (Å²) in [5.74, 6) is 0.250. The van der Waals surface area contributed by atoms with Gasteiger partial charge in [-0.2, -0.15) is 0 Å². The van der Waals surface area contributed by atoms with Crippen LogP contribution < -0.4 is 4.74 Å². The lowest BCUT2D eigenvalue weighted by molar-refractivity contribution is 0.0693. The number of hydrogen-bond donors (Lipinski definition) is 1. The summed E-state index contributed by atoms with van der Waals surface area (Å²) in [7, 11) is 1.60. The molecule has 3 rings (SSSR count). The van der Waals surface area contributed by atoms with Gasteiger partial charge in [-0.25, -0.2) is 9.78 Å². The third kappa shape index (κ3) is 2.27. The van der Waals surface area contributed by atoms with Crippen molar-refractivity contribution in [1.82, 2.24) is 9.38 Å². The first-order valence-corrected chi connectivity index (χ1v) is 6.96. The largest absolute Gasteiger partial charge is 0.497 e. The number of hydrogen-bond acceptors (Lipinski definition) is 3. The van der Waals surface area contributed by atoms with Crippen LogP contribution in [0.25, 0.3) is 16.9 Å². The van der Waals surface area contributed by atoms with E-state index in [9.17, 15) is 9.90 Å². The van der Waals surface area contributed by atoms with Crippen molar-refractivity contribution in [3.63, 3.8) is 0 Å². The van der Waals surface area contributed by atoms with E-state index < -0.39 is 5.97 Å². The molecule has 0 unspecified atom stereocenters. The molecule has 0 saturated heterocycles. The predicted octanol–water partition coefficient (Wildman–Crippen LogP) is 3.47. The Bertz CT molecular complexity index is 825. The molecule has 1 aromatic carbocycles. The standard InChI is InChI=1S/C15H11BrN2O3/c1-21-10-7-5-9(6-8-10)14-17-13(15(19)20)11-3-2-4-12(16)18(11)14/h2-8H,1H3,(H,19,20). The Hall–Kier alpha value is -2.34. The van der Waals surface area contributed by atoms with Gasteiger partial charge in [0.25, 0.3) is 0 Å². The number of ether oxygens (including phenoxy) is 1. The van der Waals surface area contributed by atoms with Crippen LogP contribution in [-0.2, 0) is 0 Å². The van der Waals surface area contributed by atoms with Crippen LogP contribution in [0.4, 0.5) is 0 Å². The predicted molar refractivity (Wildman–Crippen MR) is 81.8 cm³/mol. The summed E-state index contributed by atoms with van der Waals surface area (Å²) < 4.78 is 7.64. The van der Waals surface area contributed by atoms with E-state index in [4.69, 9.17) is 4.74 Å². The highest BCUT2D eigenvalue weighted by atomic mass is 79.9. The van der Waals surface area contributed by atoms with Crippen LogP contribution in [-0.4, -0.2) is 27.6 Å². The minimum atomic E-state index is -1.05. The number of benzene rings is 1. The quantitative estimate of drug-likeness (QED) is 0.737. The molecule has 0 aliphatic heterocycles. The molecule has 0 fully saturated rings.